The molecule has 1 saturated heterocycles. The van der Waals surface area contributed by atoms with Gasteiger partial charge in [-0.1, -0.05) is 23.7 Å². The van der Waals surface area contributed by atoms with E-state index in [4.69, 9.17) is 26.2 Å². The quantitative estimate of drug-likeness (QED) is 0.307. The predicted molar refractivity (Wildman–Crippen MR) is 139 cm³/mol. The van der Waals surface area contributed by atoms with Crippen LogP contribution in [0.5, 0.6) is 0 Å². The highest BCUT2D eigenvalue weighted by Crippen LogP contribution is 2.28. The molecule has 10 heteroatoms. The highest BCUT2D eigenvalue weighted by Gasteiger charge is 2.32. The monoisotopic (exact) mass is 513 g/mol. The van der Waals surface area contributed by atoms with Gasteiger partial charge < -0.3 is 9.47 Å². The van der Waals surface area contributed by atoms with E-state index in [9.17, 15) is 4.79 Å². The maximum atomic E-state index is 13.4. The standard InChI is InChI=1S/C25H32ClN5O3Si/c1-18-15-27-28-16-21(18)22-14-24(29-31(22)17-33-11-12-35(2,3)4)30-9-10-34-23(25(30)32)13-19-5-7-20(26)8-6-19/h5-8,14-16,23H,9-13,17H2,1-4H3/q-1. The molecule has 1 atom stereocenters. The number of aryl methyl sites for hydroxylation is 1. The zero-order valence-corrected chi connectivity index (χ0v) is 22.5. The summed E-state index contributed by atoms with van der Waals surface area (Å²) in [5, 5.41) is 13.5. The number of carbonyl (C=O) groups excluding carboxylic acids is 1. The van der Waals surface area contributed by atoms with Crippen molar-refractivity contribution in [1.82, 2.24) is 20.0 Å². The molecule has 4 rings (SSSR count). The number of carbonyl (C=O) groups is 1. The second-order valence-corrected chi connectivity index (χ2v) is 16.1. The molecule has 187 valence electrons. The summed E-state index contributed by atoms with van der Waals surface area (Å²) < 4.78 is 13.6. The molecule has 0 saturated carbocycles. The fourth-order valence-electron chi connectivity index (χ4n) is 3.88. The Morgan fingerprint density at radius 1 is 1.17 bits per heavy atom. The summed E-state index contributed by atoms with van der Waals surface area (Å²) >= 11 is 6.00. The Kier molecular flexibility index (Phi) is 8.01. The molecular weight excluding hydrogens is 482 g/mol. The molecular formula is C25H32ClN5O3Si-. The third-order valence-electron chi connectivity index (χ3n) is 5.97. The fraction of sp³-hybridized carbons (Fsp3) is 0.440. The minimum absolute atomic E-state index is 0.105. The topological polar surface area (TPSA) is 82.4 Å². The number of ether oxygens (including phenoxy) is 2. The summed E-state index contributed by atoms with van der Waals surface area (Å²) in [6.07, 6.45) is 3.35. The lowest BCUT2D eigenvalue weighted by Crippen LogP contribution is -2.49. The van der Waals surface area contributed by atoms with E-state index in [1.165, 1.54) is 0 Å². The highest BCUT2D eigenvalue weighted by atomic mass is 35.5. The van der Waals surface area contributed by atoms with Crippen LogP contribution in [0.4, 0.5) is 5.82 Å². The van der Waals surface area contributed by atoms with Crippen LogP contribution in [0, 0.1) is 6.92 Å². The third kappa shape index (κ3) is 6.55. The van der Waals surface area contributed by atoms with Crippen molar-refractivity contribution in [3.05, 3.63) is 58.9 Å². The van der Waals surface area contributed by atoms with Gasteiger partial charge in [-0.25, -0.2) is 4.68 Å². The molecule has 1 unspecified atom stereocenters. The van der Waals surface area contributed by atoms with E-state index in [2.05, 4.69) is 29.8 Å². The highest BCUT2D eigenvalue weighted by molar-refractivity contribution is 6.76. The van der Waals surface area contributed by atoms with Crippen molar-refractivity contribution in [2.75, 3.05) is 24.7 Å². The van der Waals surface area contributed by atoms with Crippen LogP contribution in [-0.2, 0) is 27.4 Å². The second kappa shape index (κ2) is 11.0. The van der Waals surface area contributed by atoms with Gasteiger partial charge in [0.2, 0.25) is 0 Å². The molecule has 0 aliphatic carbocycles. The minimum Gasteiger partial charge on any atom is -0.366 e. The molecule has 2 aromatic heterocycles. The van der Waals surface area contributed by atoms with Gasteiger partial charge >= 0.3 is 0 Å². The van der Waals surface area contributed by atoms with Crippen LogP contribution < -0.4 is 4.90 Å². The summed E-state index contributed by atoms with van der Waals surface area (Å²) in [4.78, 5) is 15.1. The Morgan fingerprint density at radius 2 is 1.91 bits per heavy atom. The molecule has 3 aromatic rings. The van der Waals surface area contributed by atoms with Gasteiger partial charge in [-0.15, -0.1) is 14.1 Å². The van der Waals surface area contributed by atoms with Crippen LogP contribution >= 0.6 is 11.6 Å². The van der Waals surface area contributed by atoms with E-state index < -0.39 is 14.2 Å². The van der Waals surface area contributed by atoms with Crippen molar-refractivity contribution in [2.24, 2.45) is 0 Å². The molecule has 0 spiro atoms. The summed E-state index contributed by atoms with van der Waals surface area (Å²) in [7, 11) is -1.20. The van der Waals surface area contributed by atoms with Gasteiger partial charge in [0, 0.05) is 29.7 Å². The predicted octanol–water partition coefficient (Wildman–Crippen LogP) is 4.59. The number of rotatable bonds is 9. The number of benzene rings is 1. The van der Waals surface area contributed by atoms with Crippen LogP contribution in [0.25, 0.3) is 11.3 Å². The van der Waals surface area contributed by atoms with E-state index in [1.54, 1.807) is 22.0 Å². The average molecular weight is 514 g/mol. The molecule has 0 radical (unpaired) electrons. The summed E-state index contributed by atoms with van der Waals surface area (Å²) in [5.41, 5.74) is 3.72. The first kappa shape index (κ1) is 25.5. The van der Waals surface area contributed by atoms with Gasteiger partial charge in [-0.2, -0.15) is 34.9 Å². The molecule has 1 fully saturated rings. The van der Waals surface area contributed by atoms with Gasteiger partial charge in [0.05, 0.1) is 31.2 Å². The molecule has 3 heterocycles. The lowest BCUT2D eigenvalue weighted by molar-refractivity contribution is -0.133. The lowest BCUT2D eigenvalue weighted by atomic mass is 10.1. The molecule has 1 aliphatic heterocycles. The summed E-state index contributed by atoms with van der Waals surface area (Å²) in [6, 6.07) is 10.5. The number of hydrogen-bond acceptors (Lipinski definition) is 6. The first-order valence-corrected chi connectivity index (χ1v) is 15.9. The zero-order chi connectivity index (χ0) is 25.0. The Hall–Kier alpha value is -2.59. The summed E-state index contributed by atoms with van der Waals surface area (Å²) in [6.45, 7) is 10.8. The number of halogens is 1. The molecule has 1 amide bonds. The van der Waals surface area contributed by atoms with Crippen LogP contribution in [0.15, 0.2) is 42.7 Å². The van der Waals surface area contributed by atoms with Crippen molar-refractivity contribution < 1.29 is 14.3 Å². The van der Waals surface area contributed by atoms with Crippen LogP contribution in [0.2, 0.25) is 30.7 Å². The first-order chi connectivity index (χ1) is 16.7. The Labute approximate surface area is 212 Å². The molecule has 0 bridgehead atoms. The van der Waals surface area contributed by atoms with E-state index in [0.29, 0.717) is 43.8 Å². The van der Waals surface area contributed by atoms with Crippen molar-refractivity contribution in [3.8, 4) is 11.3 Å². The van der Waals surface area contributed by atoms with E-state index in [0.717, 1.165) is 28.4 Å². The van der Waals surface area contributed by atoms with Gasteiger partial charge in [0.1, 0.15) is 12.8 Å². The van der Waals surface area contributed by atoms with Gasteiger partial charge in [0.15, 0.2) is 5.82 Å². The molecule has 1 aromatic carbocycles. The smallest absolute Gasteiger partial charge is 0.257 e. The average Bonchev–Trinajstić information content (AvgIpc) is 3.23. The fourth-order valence-corrected chi connectivity index (χ4v) is 4.76. The van der Waals surface area contributed by atoms with E-state index >= 15 is 0 Å². The van der Waals surface area contributed by atoms with Crippen LogP contribution in [0.3, 0.4) is 0 Å². The van der Waals surface area contributed by atoms with E-state index in [1.807, 2.05) is 37.3 Å². The van der Waals surface area contributed by atoms with Gasteiger partial charge in [0.25, 0.3) is 5.91 Å². The van der Waals surface area contributed by atoms with Crippen molar-refractivity contribution in [2.45, 2.75) is 51.9 Å². The maximum Gasteiger partial charge on any atom is 0.257 e. The van der Waals surface area contributed by atoms with Gasteiger partial charge in [-0.05, 0) is 30.2 Å². The largest absolute Gasteiger partial charge is 0.366 e. The second-order valence-electron chi connectivity index (χ2n) is 10.0. The third-order valence-corrected chi connectivity index (χ3v) is 7.93. The number of amides is 1. The van der Waals surface area contributed by atoms with Crippen molar-refractivity contribution in [1.29, 1.82) is 0 Å². The number of anilines is 1. The first-order valence-electron chi connectivity index (χ1n) is 11.8. The van der Waals surface area contributed by atoms with Crippen LogP contribution in [-0.4, -0.2) is 59.8 Å². The van der Waals surface area contributed by atoms with Crippen LogP contribution in [0.1, 0.15) is 11.1 Å². The van der Waals surface area contributed by atoms with Crippen molar-refractivity contribution in [3.63, 3.8) is 0 Å². The molecule has 8 nitrogen and oxygen atoms in total. The Bertz CT molecular complexity index is 1160. The summed E-state index contributed by atoms with van der Waals surface area (Å²) in [5.74, 6) is 0.478. The Balaban J connectivity index is 1.56. The molecule has 0 N–H and O–H groups in total. The molecule has 35 heavy (non-hydrogen) atoms. The van der Waals surface area contributed by atoms with E-state index in [-0.39, 0.29) is 5.91 Å². The normalized spacial score (nSPS) is 16.7. The van der Waals surface area contributed by atoms with Crippen molar-refractivity contribution >= 4 is 31.4 Å². The SMILES string of the molecule is Cc1cnncc1-c1cc(N2CCOC(Cc3ccc(Cl)cc3)C2=O)nn1COCC[Si-](C)(C)C. The number of nitrogens with zero attached hydrogens (tertiary/aromatic N) is 5. The zero-order valence-electron chi connectivity index (χ0n) is 20.7. The Morgan fingerprint density at radius 3 is 2.63 bits per heavy atom. The lowest BCUT2D eigenvalue weighted by Gasteiger charge is -2.31. The number of aromatic nitrogens is 4. The molecule has 1 aliphatic rings. The number of hydrogen-bond donors (Lipinski definition) is 0. The van der Waals surface area contributed by atoms with Gasteiger partial charge in [-0.3, -0.25) is 9.69 Å². The number of morpholine rings is 1. The minimum atomic E-state index is -1.20. The maximum absolute atomic E-state index is 13.4.